The molecule has 1 aliphatic carbocycles. The third kappa shape index (κ3) is 2.29. The van der Waals surface area contributed by atoms with E-state index in [0.29, 0.717) is 10.8 Å². The molecule has 0 saturated heterocycles. The molecule has 1 saturated carbocycles. The van der Waals surface area contributed by atoms with Crippen molar-refractivity contribution >= 4 is 0 Å². The van der Waals surface area contributed by atoms with E-state index in [4.69, 9.17) is 0 Å². The summed E-state index contributed by atoms with van der Waals surface area (Å²) >= 11 is 0. The van der Waals surface area contributed by atoms with Gasteiger partial charge in [-0.15, -0.1) is 0 Å². The van der Waals surface area contributed by atoms with E-state index in [2.05, 4.69) is 48.1 Å². The highest BCUT2D eigenvalue weighted by Gasteiger charge is 2.45. The lowest BCUT2D eigenvalue weighted by Crippen LogP contribution is -2.40. The van der Waals surface area contributed by atoms with E-state index in [1.54, 1.807) is 0 Å². The Bertz CT molecular complexity index is 245. The van der Waals surface area contributed by atoms with E-state index < -0.39 is 0 Å². The fourth-order valence-electron chi connectivity index (χ4n) is 2.62. The second-order valence-corrected chi connectivity index (χ2v) is 7.13. The average molecular weight is 208 g/mol. The Balaban J connectivity index is 2.83. The molecule has 0 spiro atoms. The zero-order valence-corrected chi connectivity index (χ0v) is 11.5. The molecule has 0 heteroatoms. The number of hydrogen-bond acceptors (Lipinski definition) is 0. The summed E-state index contributed by atoms with van der Waals surface area (Å²) in [7, 11) is 0. The molecule has 0 heterocycles. The first-order valence-corrected chi connectivity index (χ1v) is 6.27. The van der Waals surface area contributed by atoms with Crippen molar-refractivity contribution in [3.63, 3.8) is 0 Å². The second kappa shape index (κ2) is 3.64. The van der Waals surface area contributed by atoms with Gasteiger partial charge in [-0.1, -0.05) is 46.8 Å². The lowest BCUT2D eigenvalue weighted by atomic mass is 9.54. The van der Waals surface area contributed by atoms with Gasteiger partial charge in [0.05, 0.1) is 0 Å². The Labute approximate surface area is 96.2 Å². The summed E-state index contributed by atoms with van der Waals surface area (Å²) in [4.78, 5) is 0. The van der Waals surface area contributed by atoms with E-state index >= 15 is 0 Å². The average Bonchev–Trinajstić information content (AvgIpc) is 2.10. The van der Waals surface area contributed by atoms with Crippen LogP contribution in [0.25, 0.3) is 0 Å². The molecule has 0 aliphatic heterocycles. The highest BCUT2D eigenvalue weighted by atomic mass is 14.5. The van der Waals surface area contributed by atoms with E-state index in [0.717, 1.165) is 0 Å². The number of hydrogen-bond donors (Lipinski definition) is 0. The Morgan fingerprint density at radius 2 is 1.40 bits per heavy atom. The fourth-order valence-corrected chi connectivity index (χ4v) is 2.62. The first-order chi connectivity index (χ1) is 6.61. The largest absolute Gasteiger partial charge is 0.0996 e. The van der Waals surface area contributed by atoms with Crippen LogP contribution < -0.4 is 0 Å². The van der Waals surface area contributed by atoms with Crippen LogP contribution in [0.5, 0.6) is 0 Å². The molecular formula is C15H28. The Morgan fingerprint density at radius 3 is 1.73 bits per heavy atom. The molecule has 0 aromatic carbocycles. The Morgan fingerprint density at radius 1 is 1.00 bits per heavy atom. The van der Waals surface area contributed by atoms with E-state index in [1.807, 2.05) is 0 Å². The van der Waals surface area contributed by atoms with Crippen molar-refractivity contribution in [2.24, 2.45) is 16.2 Å². The monoisotopic (exact) mass is 208 g/mol. The highest BCUT2D eigenvalue weighted by molar-refractivity contribution is 5.11. The molecular weight excluding hydrogens is 180 g/mol. The van der Waals surface area contributed by atoms with Crippen LogP contribution in [0.3, 0.4) is 0 Å². The van der Waals surface area contributed by atoms with Crippen LogP contribution in [0, 0.1) is 16.2 Å². The normalized spacial score (nSPS) is 24.9. The van der Waals surface area contributed by atoms with Gasteiger partial charge in [0.25, 0.3) is 0 Å². The van der Waals surface area contributed by atoms with Gasteiger partial charge in [0.2, 0.25) is 0 Å². The SMILES string of the molecule is C=C(C)C(C)(C)C1(C)CCC(C)(C)CC1. The molecule has 1 fully saturated rings. The molecule has 0 N–H and O–H groups in total. The molecule has 0 aromatic heterocycles. The first-order valence-electron chi connectivity index (χ1n) is 6.27. The minimum atomic E-state index is 0.281. The molecule has 0 radical (unpaired) electrons. The van der Waals surface area contributed by atoms with Crippen LogP contribution in [-0.4, -0.2) is 0 Å². The summed E-state index contributed by atoms with van der Waals surface area (Å²) in [6.45, 7) is 18.4. The van der Waals surface area contributed by atoms with Crippen LogP contribution in [0.15, 0.2) is 12.2 Å². The Kier molecular flexibility index (Phi) is 3.11. The zero-order chi connectivity index (χ0) is 11.9. The van der Waals surface area contributed by atoms with Gasteiger partial charge in [-0.3, -0.25) is 0 Å². The van der Waals surface area contributed by atoms with E-state index in [-0.39, 0.29) is 5.41 Å². The second-order valence-electron chi connectivity index (χ2n) is 7.13. The van der Waals surface area contributed by atoms with Gasteiger partial charge >= 0.3 is 0 Å². The van der Waals surface area contributed by atoms with E-state index in [9.17, 15) is 0 Å². The topological polar surface area (TPSA) is 0 Å². The maximum Gasteiger partial charge on any atom is -0.00964 e. The van der Waals surface area contributed by atoms with Crippen LogP contribution in [-0.2, 0) is 0 Å². The first kappa shape index (κ1) is 12.8. The van der Waals surface area contributed by atoms with Gasteiger partial charge in [-0.25, -0.2) is 0 Å². The van der Waals surface area contributed by atoms with E-state index in [1.165, 1.54) is 31.3 Å². The minimum Gasteiger partial charge on any atom is -0.0996 e. The number of rotatable bonds is 2. The molecule has 0 unspecified atom stereocenters. The van der Waals surface area contributed by atoms with Crippen molar-refractivity contribution in [2.45, 2.75) is 67.2 Å². The summed E-state index contributed by atoms with van der Waals surface area (Å²) < 4.78 is 0. The lowest BCUT2D eigenvalue weighted by molar-refractivity contribution is 0.0290. The predicted octanol–water partition coefficient (Wildman–Crippen LogP) is 5.20. The van der Waals surface area contributed by atoms with Gasteiger partial charge < -0.3 is 0 Å². The van der Waals surface area contributed by atoms with Crippen LogP contribution in [0.1, 0.15) is 67.2 Å². The summed E-state index contributed by atoms with van der Waals surface area (Å²) in [5, 5.41) is 0. The molecule has 1 rings (SSSR count). The van der Waals surface area contributed by atoms with Gasteiger partial charge in [-0.2, -0.15) is 0 Å². The van der Waals surface area contributed by atoms with Gasteiger partial charge in [0, 0.05) is 0 Å². The third-order valence-electron chi connectivity index (χ3n) is 5.28. The molecule has 15 heavy (non-hydrogen) atoms. The lowest BCUT2D eigenvalue weighted by Gasteiger charge is -2.51. The van der Waals surface area contributed by atoms with Gasteiger partial charge in [0.1, 0.15) is 0 Å². The fraction of sp³-hybridized carbons (Fsp3) is 0.867. The zero-order valence-electron chi connectivity index (χ0n) is 11.5. The van der Waals surface area contributed by atoms with Crippen LogP contribution in [0.2, 0.25) is 0 Å². The maximum atomic E-state index is 4.18. The Hall–Kier alpha value is -0.260. The predicted molar refractivity (Wildman–Crippen MR) is 69.0 cm³/mol. The van der Waals surface area contributed by atoms with Crippen LogP contribution >= 0.6 is 0 Å². The minimum absolute atomic E-state index is 0.281. The van der Waals surface area contributed by atoms with Crippen molar-refractivity contribution in [1.29, 1.82) is 0 Å². The molecule has 1 aliphatic rings. The smallest absolute Gasteiger partial charge is 0.00964 e. The molecule has 0 atom stereocenters. The van der Waals surface area contributed by atoms with Gasteiger partial charge in [0.15, 0.2) is 0 Å². The highest BCUT2D eigenvalue weighted by Crippen LogP contribution is 2.55. The summed E-state index contributed by atoms with van der Waals surface area (Å²) in [5.74, 6) is 0. The van der Waals surface area contributed by atoms with Gasteiger partial charge in [-0.05, 0) is 48.9 Å². The number of allylic oxidation sites excluding steroid dienone is 1. The summed E-state index contributed by atoms with van der Waals surface area (Å²) in [6, 6.07) is 0. The summed E-state index contributed by atoms with van der Waals surface area (Å²) in [6.07, 6.45) is 5.42. The van der Waals surface area contributed by atoms with Crippen molar-refractivity contribution in [2.75, 3.05) is 0 Å². The van der Waals surface area contributed by atoms with Crippen molar-refractivity contribution in [1.82, 2.24) is 0 Å². The standard InChI is InChI=1S/C15H28/c1-12(2)14(5,6)15(7)10-8-13(3,4)9-11-15/h1,8-11H2,2-7H3. The molecule has 0 nitrogen and oxygen atoms in total. The maximum absolute atomic E-state index is 4.18. The van der Waals surface area contributed by atoms with Crippen molar-refractivity contribution in [3.05, 3.63) is 12.2 Å². The van der Waals surface area contributed by atoms with Crippen molar-refractivity contribution in [3.8, 4) is 0 Å². The van der Waals surface area contributed by atoms with Crippen molar-refractivity contribution < 1.29 is 0 Å². The van der Waals surface area contributed by atoms with Crippen LogP contribution in [0.4, 0.5) is 0 Å². The quantitative estimate of drug-likeness (QED) is 0.547. The molecule has 0 aromatic rings. The molecule has 0 amide bonds. The summed E-state index contributed by atoms with van der Waals surface area (Å²) in [5.41, 5.74) is 2.63. The third-order valence-corrected chi connectivity index (χ3v) is 5.28. The molecule has 0 bridgehead atoms. The molecule has 88 valence electrons.